The van der Waals surface area contributed by atoms with E-state index < -0.39 is 0 Å². The Kier molecular flexibility index (Phi) is 3.07. The predicted molar refractivity (Wildman–Crippen MR) is 114 cm³/mol. The second-order valence-electron chi connectivity index (χ2n) is 6.81. The van der Waals surface area contributed by atoms with Gasteiger partial charge in [-0.3, -0.25) is 0 Å². The van der Waals surface area contributed by atoms with Gasteiger partial charge in [-0.2, -0.15) is 0 Å². The number of para-hydroxylation sites is 1. The van der Waals surface area contributed by atoms with Crippen molar-refractivity contribution in [1.82, 2.24) is 4.98 Å². The summed E-state index contributed by atoms with van der Waals surface area (Å²) >= 11 is 1.76. The van der Waals surface area contributed by atoms with E-state index in [1.54, 1.807) is 11.3 Å². The third kappa shape index (κ3) is 2.40. The van der Waals surface area contributed by atoms with Crippen molar-refractivity contribution in [2.45, 2.75) is 0 Å². The van der Waals surface area contributed by atoms with Crippen molar-refractivity contribution in [2.75, 3.05) is 0 Å². The van der Waals surface area contributed by atoms with Crippen LogP contribution in [-0.4, -0.2) is 4.98 Å². The number of thiophene rings is 1. The van der Waals surface area contributed by atoms with E-state index in [1.807, 2.05) is 0 Å². The maximum absolute atomic E-state index is 6.21. The number of hydrogen-bond acceptors (Lipinski definition) is 2. The summed E-state index contributed by atoms with van der Waals surface area (Å²) < 4.78 is 7.49. The maximum Gasteiger partial charge on any atom is 0.135 e. The number of benzene rings is 3. The van der Waals surface area contributed by atoms with Crippen molar-refractivity contribution in [3.8, 4) is 22.6 Å². The molecule has 0 radical (unpaired) electrons. The molecule has 27 heavy (non-hydrogen) atoms. The fourth-order valence-electron chi connectivity index (χ4n) is 3.68. The molecule has 3 aromatic heterocycles. The number of nitrogens with one attached hydrogen (secondary N) is 1. The van der Waals surface area contributed by atoms with Crippen molar-refractivity contribution in [3.63, 3.8) is 0 Å². The Morgan fingerprint density at radius 3 is 2.56 bits per heavy atom. The Hall–Kier alpha value is -3.30. The van der Waals surface area contributed by atoms with Gasteiger partial charge in [0.2, 0.25) is 0 Å². The zero-order valence-electron chi connectivity index (χ0n) is 14.4. The molecule has 3 aromatic carbocycles. The minimum absolute atomic E-state index is 0.910. The minimum atomic E-state index is 0.910. The second-order valence-corrected chi connectivity index (χ2v) is 7.75. The van der Waals surface area contributed by atoms with Gasteiger partial charge in [-0.25, -0.2) is 0 Å². The van der Waals surface area contributed by atoms with Gasteiger partial charge in [0.25, 0.3) is 0 Å². The molecule has 1 N–H and O–H groups in total. The molecule has 0 fully saturated rings. The lowest BCUT2D eigenvalue weighted by Gasteiger charge is -1.98. The molecule has 6 rings (SSSR count). The van der Waals surface area contributed by atoms with Gasteiger partial charge >= 0.3 is 0 Å². The number of H-pyrrole nitrogens is 1. The molecule has 0 amide bonds. The van der Waals surface area contributed by atoms with Crippen LogP contribution >= 0.6 is 11.3 Å². The van der Waals surface area contributed by atoms with Crippen LogP contribution in [-0.2, 0) is 0 Å². The Morgan fingerprint density at radius 2 is 1.59 bits per heavy atom. The molecule has 2 nitrogen and oxygen atoms in total. The lowest BCUT2D eigenvalue weighted by molar-refractivity contribution is 0.632. The molecular weight excluding hydrogens is 350 g/mol. The third-order valence-electron chi connectivity index (χ3n) is 5.10. The fourth-order valence-corrected chi connectivity index (χ4v) is 4.51. The molecule has 6 aromatic rings. The maximum atomic E-state index is 6.21. The summed E-state index contributed by atoms with van der Waals surface area (Å²) in [5.74, 6) is 0.911. The fraction of sp³-hybridized carbons (Fsp3) is 0. The molecular formula is C24H15NOS. The molecule has 0 aliphatic heterocycles. The van der Waals surface area contributed by atoms with Crippen LogP contribution in [0.1, 0.15) is 0 Å². The normalized spacial score (nSPS) is 11.7. The first kappa shape index (κ1) is 14.8. The highest BCUT2D eigenvalue weighted by Gasteiger charge is 2.10. The Labute approximate surface area is 159 Å². The van der Waals surface area contributed by atoms with Crippen LogP contribution in [0.25, 0.3) is 54.5 Å². The van der Waals surface area contributed by atoms with Crippen LogP contribution in [0.15, 0.2) is 88.7 Å². The molecule has 0 saturated carbocycles. The number of aromatic nitrogens is 1. The van der Waals surface area contributed by atoms with Gasteiger partial charge in [-0.15, -0.1) is 11.3 Å². The molecule has 0 unspecified atom stereocenters. The third-order valence-corrected chi connectivity index (χ3v) is 5.98. The standard InChI is InChI=1S/C24H15NOS/c1-2-4-20-16(3-1)11-21(25-20)17-6-8-18-13-23(26-22(18)12-17)19-7-5-15-9-10-27-24(15)14-19/h1-14,25H. The summed E-state index contributed by atoms with van der Waals surface area (Å²) in [6.07, 6.45) is 0. The summed E-state index contributed by atoms with van der Waals surface area (Å²) in [5.41, 5.74) is 5.42. The molecule has 3 heterocycles. The summed E-state index contributed by atoms with van der Waals surface area (Å²) in [7, 11) is 0. The number of furan rings is 1. The molecule has 0 bridgehead atoms. The highest BCUT2D eigenvalue weighted by atomic mass is 32.1. The molecule has 0 atom stereocenters. The van der Waals surface area contributed by atoms with E-state index in [0.29, 0.717) is 0 Å². The predicted octanol–water partition coefficient (Wildman–Crippen LogP) is 7.46. The highest BCUT2D eigenvalue weighted by molar-refractivity contribution is 7.17. The van der Waals surface area contributed by atoms with Gasteiger partial charge in [0.1, 0.15) is 11.3 Å². The largest absolute Gasteiger partial charge is 0.456 e. The lowest BCUT2D eigenvalue weighted by Crippen LogP contribution is -1.76. The molecule has 0 aliphatic rings. The zero-order valence-corrected chi connectivity index (χ0v) is 15.2. The molecule has 0 spiro atoms. The second kappa shape index (κ2) is 5.60. The first-order chi connectivity index (χ1) is 13.3. The number of fused-ring (bicyclic) bond motifs is 3. The van der Waals surface area contributed by atoms with E-state index in [9.17, 15) is 0 Å². The first-order valence-corrected chi connectivity index (χ1v) is 9.81. The van der Waals surface area contributed by atoms with Crippen LogP contribution in [0.5, 0.6) is 0 Å². The van der Waals surface area contributed by atoms with Gasteiger partial charge in [0.15, 0.2) is 0 Å². The van der Waals surface area contributed by atoms with E-state index in [1.165, 1.54) is 15.5 Å². The van der Waals surface area contributed by atoms with Gasteiger partial charge in [-0.05, 0) is 47.2 Å². The highest BCUT2D eigenvalue weighted by Crippen LogP contribution is 2.34. The molecule has 128 valence electrons. The minimum Gasteiger partial charge on any atom is -0.456 e. The van der Waals surface area contributed by atoms with Crippen LogP contribution < -0.4 is 0 Å². The number of rotatable bonds is 2. The average molecular weight is 365 g/mol. The van der Waals surface area contributed by atoms with E-state index >= 15 is 0 Å². The van der Waals surface area contributed by atoms with Crippen molar-refractivity contribution in [3.05, 3.63) is 84.2 Å². The SMILES string of the molecule is c1ccc2[nH]c(-c3ccc4cc(-c5ccc6ccsc6c5)oc4c3)cc2c1. The van der Waals surface area contributed by atoms with E-state index in [-0.39, 0.29) is 0 Å². The van der Waals surface area contributed by atoms with Crippen molar-refractivity contribution >= 4 is 43.3 Å². The summed E-state index contributed by atoms with van der Waals surface area (Å²) in [5, 5.41) is 5.74. The summed E-state index contributed by atoms with van der Waals surface area (Å²) in [6, 6.07) is 27.7. The zero-order chi connectivity index (χ0) is 17.8. The van der Waals surface area contributed by atoms with E-state index in [2.05, 4.69) is 89.2 Å². The number of hydrogen-bond donors (Lipinski definition) is 1. The van der Waals surface area contributed by atoms with Gasteiger partial charge in [-0.1, -0.05) is 42.5 Å². The topological polar surface area (TPSA) is 28.9 Å². The summed E-state index contributed by atoms with van der Waals surface area (Å²) in [4.78, 5) is 3.49. The smallest absolute Gasteiger partial charge is 0.135 e. The van der Waals surface area contributed by atoms with E-state index in [0.717, 1.165) is 39.1 Å². The quantitative estimate of drug-likeness (QED) is 0.339. The Bertz CT molecular complexity index is 1400. The van der Waals surface area contributed by atoms with Gasteiger partial charge in [0, 0.05) is 37.8 Å². The Balaban J connectivity index is 1.46. The summed E-state index contributed by atoms with van der Waals surface area (Å²) in [6.45, 7) is 0. The average Bonchev–Trinajstić information content (AvgIpc) is 3.42. The van der Waals surface area contributed by atoms with Crippen LogP contribution in [0.2, 0.25) is 0 Å². The van der Waals surface area contributed by atoms with Crippen LogP contribution in [0.3, 0.4) is 0 Å². The van der Waals surface area contributed by atoms with Crippen LogP contribution in [0, 0.1) is 0 Å². The monoisotopic (exact) mass is 365 g/mol. The lowest BCUT2D eigenvalue weighted by atomic mass is 10.1. The van der Waals surface area contributed by atoms with E-state index in [4.69, 9.17) is 4.42 Å². The van der Waals surface area contributed by atoms with Crippen molar-refractivity contribution < 1.29 is 4.42 Å². The van der Waals surface area contributed by atoms with Gasteiger partial charge < -0.3 is 9.40 Å². The van der Waals surface area contributed by atoms with Crippen molar-refractivity contribution in [2.24, 2.45) is 0 Å². The number of aromatic amines is 1. The molecule has 0 aliphatic carbocycles. The molecule has 3 heteroatoms. The van der Waals surface area contributed by atoms with Crippen molar-refractivity contribution in [1.29, 1.82) is 0 Å². The molecule has 0 saturated heterocycles. The van der Waals surface area contributed by atoms with Gasteiger partial charge in [0.05, 0.1) is 0 Å². The van der Waals surface area contributed by atoms with Crippen LogP contribution in [0.4, 0.5) is 0 Å². The Morgan fingerprint density at radius 1 is 0.704 bits per heavy atom. The first-order valence-electron chi connectivity index (χ1n) is 8.93.